The number of rotatable bonds is 2. The molecule has 0 spiro atoms. The van der Waals surface area contributed by atoms with Gasteiger partial charge >= 0.3 is 0 Å². The van der Waals surface area contributed by atoms with Gasteiger partial charge in [-0.05, 0) is 32.6 Å². The van der Waals surface area contributed by atoms with Crippen molar-refractivity contribution in [3.05, 3.63) is 46.2 Å². The van der Waals surface area contributed by atoms with E-state index < -0.39 is 80.6 Å². The monoisotopic (exact) mass is 474 g/mol. The van der Waals surface area contributed by atoms with E-state index in [1.807, 2.05) is 0 Å². The van der Waals surface area contributed by atoms with Crippen molar-refractivity contribution in [2.24, 2.45) is 17.1 Å². The molecule has 0 saturated heterocycles. The molecule has 1 unspecified atom stereocenters. The Morgan fingerprint density at radius 3 is 2.18 bits per heavy atom. The van der Waals surface area contributed by atoms with Crippen LogP contribution in [0.5, 0.6) is 5.75 Å². The minimum Gasteiger partial charge on any atom is -0.510 e. The molecule has 1 fully saturated rings. The van der Waals surface area contributed by atoms with E-state index in [0.29, 0.717) is 0 Å². The third-order valence-corrected chi connectivity index (χ3v) is 7.68. The number of aliphatic hydroxyl groups excluding tert-OH is 3. The maximum Gasteiger partial charge on any atom is 0.255 e. The van der Waals surface area contributed by atoms with Gasteiger partial charge in [0.1, 0.15) is 22.8 Å². The highest BCUT2D eigenvalue weighted by Crippen LogP contribution is 2.61. The molecular weight excluding hydrogens is 448 g/mol. The van der Waals surface area contributed by atoms with Crippen molar-refractivity contribution in [3.63, 3.8) is 0 Å². The van der Waals surface area contributed by atoms with Crippen LogP contribution in [0.25, 0.3) is 5.76 Å². The molecule has 0 heterocycles. The van der Waals surface area contributed by atoms with Crippen LogP contribution in [-0.4, -0.2) is 84.9 Å². The molecule has 1 aromatic carbocycles. The highest BCUT2D eigenvalue weighted by atomic mass is 16.3. The van der Waals surface area contributed by atoms with Gasteiger partial charge in [0.15, 0.2) is 0 Å². The number of hydrogen-bond acceptors (Lipinski definition) is 10. The van der Waals surface area contributed by atoms with Gasteiger partial charge in [-0.3, -0.25) is 19.3 Å². The minimum absolute atomic E-state index is 0.000711. The lowest BCUT2D eigenvalue weighted by atomic mass is 9.46. The Balaban J connectivity index is 2.14. The normalized spacial score (nSPS) is 37.5. The number of nitrogens with zero attached hydrogens (tertiary/aromatic N) is 1. The Hall–Kier alpha value is -3.25. The molecule has 6 atom stereocenters. The maximum absolute atomic E-state index is 13.9. The molecule has 11 nitrogen and oxygen atoms in total. The second kappa shape index (κ2) is 6.89. The molecule has 0 radical (unpaired) electrons. The zero-order valence-electron chi connectivity index (χ0n) is 18.9. The van der Waals surface area contributed by atoms with E-state index in [2.05, 4.69) is 0 Å². The number of nitrogens with two attached hydrogens (primary N) is 1. The smallest absolute Gasteiger partial charge is 0.255 e. The molecule has 182 valence electrons. The van der Waals surface area contributed by atoms with Gasteiger partial charge in [0.25, 0.3) is 5.91 Å². The van der Waals surface area contributed by atoms with Gasteiger partial charge in [0.05, 0.1) is 40.2 Å². The van der Waals surface area contributed by atoms with Gasteiger partial charge in [-0.15, -0.1) is 0 Å². The number of fused-ring (bicyclic) bond motifs is 3. The summed E-state index contributed by atoms with van der Waals surface area (Å²) in [6.45, 7) is 2.43. The van der Waals surface area contributed by atoms with Crippen molar-refractivity contribution in [2.75, 3.05) is 14.1 Å². The topological polar surface area (TPSA) is 202 Å². The lowest BCUT2D eigenvalue weighted by Gasteiger charge is -2.61. The molecule has 11 heteroatoms. The van der Waals surface area contributed by atoms with E-state index >= 15 is 0 Å². The summed E-state index contributed by atoms with van der Waals surface area (Å²) in [6.07, 6.45) is -1.93. The molecule has 3 aliphatic rings. The lowest BCUT2D eigenvalue weighted by Crippen LogP contribution is -2.78. The largest absolute Gasteiger partial charge is 0.510 e. The van der Waals surface area contributed by atoms with E-state index in [-0.39, 0.29) is 11.1 Å². The van der Waals surface area contributed by atoms with Crippen molar-refractivity contribution in [2.45, 2.75) is 37.2 Å². The summed E-state index contributed by atoms with van der Waals surface area (Å²) < 4.78 is 0. The van der Waals surface area contributed by atoms with Crippen molar-refractivity contribution >= 4 is 23.2 Å². The number of aromatic hydroxyl groups is 1. The number of phenols is 1. The summed E-state index contributed by atoms with van der Waals surface area (Å²) in [5.41, 5.74) is -4.15. The summed E-state index contributed by atoms with van der Waals surface area (Å²) in [7, 11) is 2.85. The molecule has 1 aromatic rings. The van der Waals surface area contributed by atoms with Gasteiger partial charge in [0, 0.05) is 0 Å². The van der Waals surface area contributed by atoms with E-state index in [9.17, 15) is 45.0 Å². The van der Waals surface area contributed by atoms with E-state index in [0.717, 1.165) is 0 Å². The van der Waals surface area contributed by atoms with Crippen molar-refractivity contribution < 1.29 is 45.0 Å². The summed E-state index contributed by atoms with van der Waals surface area (Å²) >= 11 is 0. The quantitative estimate of drug-likeness (QED) is 0.206. The third kappa shape index (κ3) is 2.41. The molecule has 4 rings (SSSR count). The molecule has 34 heavy (non-hydrogen) atoms. The van der Waals surface area contributed by atoms with Gasteiger partial charge in [-0.1, -0.05) is 19.1 Å². The number of benzene rings is 1. The Morgan fingerprint density at radius 1 is 1.06 bits per heavy atom. The van der Waals surface area contributed by atoms with E-state index in [4.69, 9.17) is 5.73 Å². The van der Waals surface area contributed by atoms with Crippen LogP contribution in [0.1, 0.15) is 25.0 Å². The molecule has 0 aliphatic heterocycles. The Kier molecular flexibility index (Phi) is 4.84. The summed E-state index contributed by atoms with van der Waals surface area (Å²) in [6, 6.07) is 2.52. The number of likely N-dealkylation sites (N-methyl/N-ethyl adjacent to an activating group) is 1. The summed E-state index contributed by atoms with van der Waals surface area (Å²) in [5.74, 6) is -8.07. The van der Waals surface area contributed by atoms with Gasteiger partial charge < -0.3 is 36.4 Å². The van der Waals surface area contributed by atoms with Gasteiger partial charge in [-0.25, -0.2) is 0 Å². The molecule has 3 aliphatic carbocycles. The number of carbonyl (C=O) groups is 3. The fourth-order valence-electron chi connectivity index (χ4n) is 6.10. The number of phenolic OH excluding ortho intramolecular Hbond substituents is 1. The van der Waals surface area contributed by atoms with Crippen LogP contribution >= 0.6 is 0 Å². The zero-order valence-corrected chi connectivity index (χ0v) is 18.9. The van der Waals surface area contributed by atoms with Crippen LogP contribution in [0.2, 0.25) is 0 Å². The van der Waals surface area contributed by atoms with Crippen molar-refractivity contribution in [1.82, 2.24) is 4.90 Å². The first kappa shape index (κ1) is 23.9. The van der Waals surface area contributed by atoms with Crippen LogP contribution in [-0.2, 0) is 20.0 Å². The first-order valence-corrected chi connectivity index (χ1v) is 10.5. The first-order valence-electron chi connectivity index (χ1n) is 10.5. The number of carbonyl (C=O) groups excluding carboxylic acids is 3. The number of Topliss-reactive ketones (excluding diaryl/α,β-unsaturated/α-hetero) is 2. The standard InChI is InChI=1S/C23H26N2O9/c1-21-16(25(3)4)15(28)12(20(24)32)18(30)23(21,34)17(29)11-13(19(21)31)22(2,33)8-6-5-7-9(26)10(8)14(11)27/h5-7,13,16,19,26-28,31,33-34H,1-4H3,(H2,24,32)/t13-,16?,19+,21-,22-,23+/m1/s1. The second-order valence-corrected chi connectivity index (χ2v) is 9.67. The number of primary amides is 1. The predicted octanol–water partition coefficient (Wildman–Crippen LogP) is -1.01. The average molecular weight is 474 g/mol. The number of hydrogen-bond donors (Lipinski definition) is 7. The van der Waals surface area contributed by atoms with Crippen molar-refractivity contribution in [3.8, 4) is 5.75 Å². The lowest BCUT2D eigenvalue weighted by molar-refractivity contribution is -0.213. The molecule has 0 aromatic heterocycles. The highest BCUT2D eigenvalue weighted by molar-refractivity contribution is 6.33. The Labute approximate surface area is 194 Å². The van der Waals surface area contributed by atoms with Crippen LogP contribution in [0.3, 0.4) is 0 Å². The number of aliphatic hydroxyl groups is 5. The average Bonchev–Trinajstić information content (AvgIpc) is 2.72. The van der Waals surface area contributed by atoms with Crippen LogP contribution < -0.4 is 5.73 Å². The molecule has 0 bridgehead atoms. The highest BCUT2D eigenvalue weighted by Gasteiger charge is 2.76. The van der Waals surface area contributed by atoms with Crippen molar-refractivity contribution in [1.29, 1.82) is 0 Å². The first-order chi connectivity index (χ1) is 15.6. The van der Waals surface area contributed by atoms with Crippen LogP contribution in [0.4, 0.5) is 0 Å². The van der Waals surface area contributed by atoms with Gasteiger partial charge in [0.2, 0.25) is 17.2 Å². The zero-order chi connectivity index (χ0) is 25.7. The molecule has 1 saturated carbocycles. The Morgan fingerprint density at radius 2 is 1.65 bits per heavy atom. The second-order valence-electron chi connectivity index (χ2n) is 9.67. The molecular formula is C23H26N2O9. The summed E-state index contributed by atoms with van der Waals surface area (Å²) in [5, 5.41) is 67.2. The fourth-order valence-corrected chi connectivity index (χ4v) is 6.10. The molecule has 1 amide bonds. The SMILES string of the molecule is CN(C)C1C(O)=C(C(N)=O)C(=O)[C@@]2(O)C(=O)C3=C(O)c4c(O)cccc4[C@@](C)(O)[C@H]3[C@H](O)[C@@]12C. The van der Waals surface area contributed by atoms with E-state index in [1.54, 1.807) is 0 Å². The fraction of sp³-hybridized carbons (Fsp3) is 0.435. The Bertz CT molecular complexity index is 1230. The third-order valence-electron chi connectivity index (χ3n) is 7.68. The van der Waals surface area contributed by atoms with Crippen LogP contribution in [0.15, 0.2) is 35.1 Å². The molecule has 8 N–H and O–H groups in total. The minimum atomic E-state index is -3.16. The van der Waals surface area contributed by atoms with Crippen LogP contribution in [0, 0.1) is 11.3 Å². The van der Waals surface area contributed by atoms with E-state index in [1.165, 1.54) is 51.0 Å². The maximum atomic E-state index is 13.9. The number of amides is 1. The number of ketones is 2. The predicted molar refractivity (Wildman–Crippen MR) is 116 cm³/mol. The van der Waals surface area contributed by atoms with Gasteiger partial charge in [-0.2, -0.15) is 0 Å². The summed E-state index contributed by atoms with van der Waals surface area (Å²) in [4.78, 5) is 40.6.